The smallest absolute Gasteiger partial charge is 0.331 e. The first-order valence-electron chi connectivity index (χ1n) is 4.53. The lowest BCUT2D eigenvalue weighted by Gasteiger charge is -2.08. The Labute approximate surface area is 99.4 Å². The summed E-state index contributed by atoms with van der Waals surface area (Å²) in [5.74, 6) is -1.17. The zero-order valence-corrected chi connectivity index (χ0v) is 9.57. The van der Waals surface area contributed by atoms with Gasteiger partial charge in [-0.05, 0) is 19.1 Å². The summed E-state index contributed by atoms with van der Waals surface area (Å²) in [5.41, 5.74) is 5.79. The molecule has 5 nitrogen and oxygen atoms in total. The van der Waals surface area contributed by atoms with Gasteiger partial charge in [0.2, 0.25) is 0 Å². The molecule has 0 amide bonds. The highest BCUT2D eigenvalue weighted by Crippen LogP contribution is 2.02. The number of halogens is 1. The molecule has 1 heterocycles. The van der Waals surface area contributed by atoms with Gasteiger partial charge in [0.1, 0.15) is 0 Å². The molecule has 1 unspecified atom stereocenters. The van der Waals surface area contributed by atoms with E-state index in [2.05, 4.69) is 9.72 Å². The number of rotatable bonds is 4. The Kier molecular flexibility index (Phi) is 6.29. The molecule has 0 aromatic carbocycles. The molecule has 2 N–H and O–H groups in total. The standard InChI is InChI=1S/C10H12N2O3.ClH/c1-2-15-10(14)8(11)9(13)7-3-5-12-6-4-7;/h3-6,8H,2,11H2,1H3;1H. The second kappa shape index (κ2) is 6.92. The van der Waals surface area contributed by atoms with Gasteiger partial charge in [-0.3, -0.25) is 9.78 Å². The van der Waals surface area contributed by atoms with Crippen LogP contribution in [-0.2, 0) is 9.53 Å². The van der Waals surface area contributed by atoms with Crippen LogP contribution < -0.4 is 5.73 Å². The Balaban J connectivity index is 0.00000225. The lowest BCUT2D eigenvalue weighted by Crippen LogP contribution is -2.40. The van der Waals surface area contributed by atoms with Crippen LogP contribution in [-0.4, -0.2) is 29.4 Å². The summed E-state index contributed by atoms with van der Waals surface area (Å²) in [6.45, 7) is 1.86. The Morgan fingerprint density at radius 3 is 2.50 bits per heavy atom. The van der Waals surface area contributed by atoms with Crippen molar-refractivity contribution in [2.24, 2.45) is 5.73 Å². The quantitative estimate of drug-likeness (QED) is 0.476. The fourth-order valence-electron chi connectivity index (χ4n) is 1.03. The minimum Gasteiger partial charge on any atom is -0.464 e. The lowest BCUT2D eigenvalue weighted by atomic mass is 10.1. The third-order valence-corrected chi connectivity index (χ3v) is 1.79. The second-order valence-electron chi connectivity index (χ2n) is 2.83. The predicted octanol–water partition coefficient (Wildman–Crippen LogP) is 0.576. The molecule has 1 rings (SSSR count). The van der Waals surface area contributed by atoms with E-state index in [1.807, 2.05) is 0 Å². The molecule has 6 heteroatoms. The van der Waals surface area contributed by atoms with Crippen molar-refractivity contribution in [3.8, 4) is 0 Å². The largest absolute Gasteiger partial charge is 0.464 e. The van der Waals surface area contributed by atoms with Crippen molar-refractivity contribution in [3.05, 3.63) is 30.1 Å². The van der Waals surface area contributed by atoms with Crippen LogP contribution in [0.4, 0.5) is 0 Å². The summed E-state index contributed by atoms with van der Waals surface area (Å²) in [6.07, 6.45) is 2.93. The number of carbonyl (C=O) groups is 2. The van der Waals surface area contributed by atoms with E-state index in [1.165, 1.54) is 24.5 Å². The van der Waals surface area contributed by atoms with Gasteiger partial charge in [0.25, 0.3) is 0 Å². The molecule has 88 valence electrons. The molecule has 0 saturated carbocycles. The van der Waals surface area contributed by atoms with E-state index in [-0.39, 0.29) is 19.0 Å². The Hall–Kier alpha value is -1.46. The number of nitrogens with two attached hydrogens (primary N) is 1. The highest BCUT2D eigenvalue weighted by Gasteiger charge is 2.24. The van der Waals surface area contributed by atoms with Crippen LogP contribution in [0.5, 0.6) is 0 Å². The number of pyridine rings is 1. The highest BCUT2D eigenvalue weighted by molar-refractivity contribution is 6.11. The topological polar surface area (TPSA) is 82.3 Å². The van der Waals surface area contributed by atoms with Crippen LogP contribution in [0, 0.1) is 0 Å². The number of carbonyl (C=O) groups excluding carboxylic acids is 2. The van der Waals surface area contributed by atoms with E-state index in [0.29, 0.717) is 5.56 Å². The zero-order chi connectivity index (χ0) is 11.3. The van der Waals surface area contributed by atoms with Gasteiger partial charge in [0, 0.05) is 18.0 Å². The lowest BCUT2D eigenvalue weighted by molar-refractivity contribution is -0.143. The number of Topliss-reactive ketones (excluding diaryl/α,β-unsaturated/α-hetero) is 1. The number of ether oxygens (including phenoxy) is 1. The van der Waals surface area contributed by atoms with Crippen LogP contribution in [0.3, 0.4) is 0 Å². The average molecular weight is 245 g/mol. The maximum absolute atomic E-state index is 11.6. The fraction of sp³-hybridized carbons (Fsp3) is 0.300. The summed E-state index contributed by atoms with van der Waals surface area (Å²) < 4.78 is 4.65. The normalized spacial score (nSPS) is 11.1. The van der Waals surface area contributed by atoms with E-state index in [1.54, 1.807) is 6.92 Å². The van der Waals surface area contributed by atoms with Gasteiger partial charge < -0.3 is 10.5 Å². The summed E-state index contributed by atoms with van der Waals surface area (Å²) in [4.78, 5) is 26.5. The molecule has 0 fully saturated rings. The predicted molar refractivity (Wildman–Crippen MR) is 60.4 cm³/mol. The summed E-state index contributed by atoms with van der Waals surface area (Å²) in [7, 11) is 0. The minimum absolute atomic E-state index is 0. The molecule has 1 aromatic heterocycles. The molecule has 0 aliphatic rings. The molecule has 0 saturated heterocycles. The molecule has 0 aliphatic carbocycles. The first kappa shape index (κ1) is 14.5. The zero-order valence-electron chi connectivity index (χ0n) is 8.75. The van der Waals surface area contributed by atoms with Gasteiger partial charge in [0.15, 0.2) is 11.8 Å². The van der Waals surface area contributed by atoms with Crippen molar-refractivity contribution < 1.29 is 14.3 Å². The van der Waals surface area contributed by atoms with Crippen molar-refractivity contribution in [2.75, 3.05) is 6.61 Å². The number of hydrogen-bond donors (Lipinski definition) is 1. The average Bonchev–Trinajstić information content (AvgIpc) is 2.28. The minimum atomic E-state index is -1.26. The van der Waals surface area contributed by atoms with Crippen molar-refractivity contribution in [3.63, 3.8) is 0 Å². The van der Waals surface area contributed by atoms with Crippen molar-refractivity contribution in [1.82, 2.24) is 4.98 Å². The monoisotopic (exact) mass is 244 g/mol. The van der Waals surface area contributed by atoms with E-state index in [0.717, 1.165) is 0 Å². The van der Waals surface area contributed by atoms with Crippen LogP contribution in [0.2, 0.25) is 0 Å². The number of hydrogen-bond acceptors (Lipinski definition) is 5. The fourth-order valence-corrected chi connectivity index (χ4v) is 1.03. The van der Waals surface area contributed by atoms with E-state index < -0.39 is 17.8 Å². The SMILES string of the molecule is CCOC(=O)C(N)C(=O)c1ccncc1.Cl. The van der Waals surface area contributed by atoms with Crippen molar-refractivity contribution in [2.45, 2.75) is 13.0 Å². The molecule has 1 aromatic rings. The van der Waals surface area contributed by atoms with Crippen LogP contribution in [0.1, 0.15) is 17.3 Å². The van der Waals surface area contributed by atoms with Gasteiger partial charge in [-0.25, -0.2) is 4.79 Å². The summed E-state index contributed by atoms with van der Waals surface area (Å²) in [5, 5.41) is 0. The molecule has 16 heavy (non-hydrogen) atoms. The molecule has 0 bridgehead atoms. The van der Waals surface area contributed by atoms with Crippen molar-refractivity contribution in [1.29, 1.82) is 0 Å². The van der Waals surface area contributed by atoms with Gasteiger partial charge in [-0.2, -0.15) is 0 Å². The number of esters is 1. The third-order valence-electron chi connectivity index (χ3n) is 1.79. The molecule has 0 aliphatic heterocycles. The Morgan fingerprint density at radius 2 is 2.00 bits per heavy atom. The maximum Gasteiger partial charge on any atom is 0.331 e. The van der Waals surface area contributed by atoms with E-state index in [9.17, 15) is 9.59 Å². The van der Waals surface area contributed by atoms with E-state index >= 15 is 0 Å². The number of ketones is 1. The highest BCUT2D eigenvalue weighted by atomic mass is 35.5. The van der Waals surface area contributed by atoms with E-state index in [4.69, 9.17) is 5.73 Å². The van der Waals surface area contributed by atoms with Crippen molar-refractivity contribution >= 4 is 24.2 Å². The van der Waals surface area contributed by atoms with Crippen LogP contribution >= 0.6 is 12.4 Å². The van der Waals surface area contributed by atoms with Gasteiger partial charge >= 0.3 is 5.97 Å². The molecular weight excluding hydrogens is 232 g/mol. The number of aromatic nitrogens is 1. The molecule has 0 spiro atoms. The molecule has 1 atom stereocenters. The second-order valence-corrected chi connectivity index (χ2v) is 2.83. The van der Waals surface area contributed by atoms with Gasteiger partial charge in [-0.1, -0.05) is 0 Å². The Bertz CT molecular complexity index is 356. The van der Waals surface area contributed by atoms with Crippen LogP contribution in [0.25, 0.3) is 0 Å². The van der Waals surface area contributed by atoms with Gasteiger partial charge in [0.05, 0.1) is 6.61 Å². The summed E-state index contributed by atoms with van der Waals surface area (Å²) in [6, 6.07) is 1.75. The maximum atomic E-state index is 11.6. The molecule has 0 radical (unpaired) electrons. The van der Waals surface area contributed by atoms with Gasteiger partial charge in [-0.15, -0.1) is 12.4 Å². The first-order valence-corrected chi connectivity index (χ1v) is 4.53. The Morgan fingerprint density at radius 1 is 1.44 bits per heavy atom. The first-order chi connectivity index (χ1) is 7.16. The van der Waals surface area contributed by atoms with Crippen LogP contribution in [0.15, 0.2) is 24.5 Å². The molecular formula is C10H13ClN2O3. The number of nitrogens with zero attached hydrogens (tertiary/aromatic N) is 1. The summed E-state index contributed by atoms with van der Waals surface area (Å²) >= 11 is 0. The third kappa shape index (κ3) is 3.60.